The molecule has 0 aliphatic carbocycles. The summed E-state index contributed by atoms with van der Waals surface area (Å²) in [5, 5.41) is 6.30. The number of halogens is 1. The minimum Gasteiger partial charge on any atom is -0.379 e. The van der Waals surface area contributed by atoms with Crippen LogP contribution in [0.5, 0.6) is 0 Å². The van der Waals surface area contributed by atoms with Crippen LogP contribution in [0.1, 0.15) is 21.8 Å². The van der Waals surface area contributed by atoms with Gasteiger partial charge >= 0.3 is 0 Å². The highest BCUT2D eigenvalue weighted by atomic mass is 32.2. The second-order valence-electron chi connectivity index (χ2n) is 8.11. The number of nitrogens with one attached hydrogen (secondary N) is 2. The topological polar surface area (TPSA) is 101 Å². The monoisotopic (exact) mass is 482 g/mol. The number of ketones is 1. The molecule has 0 amide bonds. The molecule has 1 aromatic heterocycles. The Kier molecular flexibility index (Phi) is 6.03. The van der Waals surface area contributed by atoms with E-state index in [1.54, 1.807) is 42.6 Å². The number of aromatic nitrogens is 1. The summed E-state index contributed by atoms with van der Waals surface area (Å²) in [6.45, 7) is 1.79. The fraction of sp³-hybridized carbons (Fsp3) is 0.250. The number of nitrogens with zero attached hydrogens (tertiary/aromatic N) is 2. The summed E-state index contributed by atoms with van der Waals surface area (Å²) in [5.74, 6) is -0.814. The van der Waals surface area contributed by atoms with Gasteiger partial charge in [-0.15, -0.1) is 0 Å². The van der Waals surface area contributed by atoms with Gasteiger partial charge in [0.05, 0.1) is 41.5 Å². The molecule has 0 spiro atoms. The molecule has 2 aliphatic rings. The molecule has 1 atom stereocenters. The van der Waals surface area contributed by atoms with Gasteiger partial charge in [0, 0.05) is 30.9 Å². The molecule has 10 heteroatoms. The van der Waals surface area contributed by atoms with Gasteiger partial charge in [-0.2, -0.15) is 4.31 Å². The van der Waals surface area contributed by atoms with Gasteiger partial charge in [0.2, 0.25) is 10.0 Å². The zero-order valence-electron chi connectivity index (χ0n) is 18.2. The summed E-state index contributed by atoms with van der Waals surface area (Å²) in [6, 6.07) is 14.2. The molecule has 0 saturated carbocycles. The molecule has 0 radical (unpaired) electrons. The highest BCUT2D eigenvalue weighted by molar-refractivity contribution is 7.89. The molecule has 176 valence electrons. The predicted molar refractivity (Wildman–Crippen MR) is 126 cm³/mol. The molecule has 8 nitrogen and oxygen atoms in total. The summed E-state index contributed by atoms with van der Waals surface area (Å²) in [7, 11) is -3.57. The Labute approximate surface area is 196 Å². The lowest BCUT2D eigenvalue weighted by molar-refractivity contribution is 0.0730. The number of morpholine rings is 1. The van der Waals surface area contributed by atoms with Gasteiger partial charge in [0.25, 0.3) is 0 Å². The first-order chi connectivity index (χ1) is 16.4. The van der Waals surface area contributed by atoms with Crippen molar-refractivity contribution in [1.29, 1.82) is 0 Å². The maximum atomic E-state index is 14.2. The largest absolute Gasteiger partial charge is 0.379 e. The number of benzene rings is 2. The smallest absolute Gasteiger partial charge is 0.243 e. The Morgan fingerprint density at radius 3 is 2.56 bits per heavy atom. The summed E-state index contributed by atoms with van der Waals surface area (Å²) < 4.78 is 46.4. The standard InChI is InChI=1S/C24H23FN4O4S/c25-22-4-2-1-3-19(22)23(30)21-15-27-24-20(21)13-17(14-26-24)28-16-5-7-18(8-6-16)34(31,32)29-9-11-33-12-10-29/h1-8,13-14,21,28H,9-12,15H2,(H,26,27). The fourth-order valence-electron chi connectivity index (χ4n) is 4.17. The third kappa shape index (κ3) is 4.27. The van der Waals surface area contributed by atoms with E-state index in [0.717, 1.165) is 0 Å². The molecular formula is C24H23FN4O4S. The van der Waals surface area contributed by atoms with E-state index < -0.39 is 21.8 Å². The Morgan fingerprint density at radius 2 is 1.82 bits per heavy atom. The van der Waals surface area contributed by atoms with Gasteiger partial charge in [0.15, 0.2) is 5.78 Å². The molecule has 3 aromatic rings. The van der Waals surface area contributed by atoms with E-state index in [1.807, 2.05) is 6.07 Å². The van der Waals surface area contributed by atoms with Crippen molar-refractivity contribution in [3.8, 4) is 0 Å². The van der Waals surface area contributed by atoms with Crippen LogP contribution < -0.4 is 10.6 Å². The summed E-state index contributed by atoms with van der Waals surface area (Å²) in [4.78, 5) is 17.6. The highest BCUT2D eigenvalue weighted by Crippen LogP contribution is 2.35. The average Bonchev–Trinajstić information content (AvgIpc) is 3.28. The van der Waals surface area contributed by atoms with Crippen LogP contribution in [0.2, 0.25) is 0 Å². The van der Waals surface area contributed by atoms with Gasteiger partial charge in [0.1, 0.15) is 11.6 Å². The number of hydrogen-bond acceptors (Lipinski definition) is 7. The minimum atomic E-state index is -3.57. The van der Waals surface area contributed by atoms with Crippen LogP contribution in [0.25, 0.3) is 0 Å². The number of ether oxygens (including phenoxy) is 1. The zero-order valence-corrected chi connectivity index (χ0v) is 19.0. The van der Waals surface area contributed by atoms with E-state index in [2.05, 4.69) is 15.6 Å². The molecule has 2 N–H and O–H groups in total. The molecule has 5 rings (SSSR count). The van der Waals surface area contributed by atoms with Crippen LogP contribution in [-0.4, -0.2) is 56.3 Å². The number of Topliss-reactive ketones (excluding diaryl/α,β-unsaturated/α-hetero) is 1. The number of rotatable bonds is 6. The van der Waals surface area contributed by atoms with Gasteiger partial charge in [-0.05, 0) is 42.5 Å². The van der Waals surface area contributed by atoms with Crippen molar-refractivity contribution in [2.75, 3.05) is 43.5 Å². The van der Waals surface area contributed by atoms with Crippen molar-refractivity contribution < 1.29 is 22.3 Å². The Morgan fingerprint density at radius 1 is 1.09 bits per heavy atom. The van der Waals surface area contributed by atoms with Crippen molar-refractivity contribution in [1.82, 2.24) is 9.29 Å². The molecule has 1 saturated heterocycles. The van der Waals surface area contributed by atoms with Gasteiger partial charge in [-0.25, -0.2) is 17.8 Å². The van der Waals surface area contributed by atoms with Gasteiger partial charge in [-0.3, -0.25) is 4.79 Å². The number of anilines is 3. The summed E-state index contributed by atoms with van der Waals surface area (Å²) >= 11 is 0. The van der Waals surface area contributed by atoms with Crippen molar-refractivity contribution in [3.05, 3.63) is 77.7 Å². The first kappa shape index (κ1) is 22.5. The first-order valence-electron chi connectivity index (χ1n) is 10.9. The van der Waals surface area contributed by atoms with Gasteiger partial charge in [-0.1, -0.05) is 12.1 Å². The third-order valence-electron chi connectivity index (χ3n) is 5.97. The van der Waals surface area contributed by atoms with Crippen LogP contribution >= 0.6 is 0 Å². The molecule has 0 bridgehead atoms. The Bertz CT molecular complexity index is 1330. The zero-order chi connectivity index (χ0) is 23.7. The average molecular weight is 483 g/mol. The third-order valence-corrected chi connectivity index (χ3v) is 7.89. The highest BCUT2D eigenvalue weighted by Gasteiger charge is 2.32. The molecule has 1 unspecified atom stereocenters. The number of hydrogen-bond donors (Lipinski definition) is 2. The summed E-state index contributed by atoms with van der Waals surface area (Å²) in [6.07, 6.45) is 1.63. The molecule has 34 heavy (non-hydrogen) atoms. The number of pyridine rings is 1. The van der Waals surface area contributed by atoms with Crippen molar-refractivity contribution >= 4 is 33.0 Å². The second kappa shape index (κ2) is 9.13. The Balaban J connectivity index is 1.34. The maximum absolute atomic E-state index is 14.2. The SMILES string of the molecule is O=C(c1ccccc1F)C1CNc2ncc(Nc3ccc(S(=O)(=O)N4CCOCC4)cc3)cc21. The number of sulfonamides is 1. The first-order valence-corrected chi connectivity index (χ1v) is 12.3. The fourth-order valence-corrected chi connectivity index (χ4v) is 5.58. The van der Waals surface area contributed by atoms with Crippen LogP contribution in [0.3, 0.4) is 0 Å². The lowest BCUT2D eigenvalue weighted by Crippen LogP contribution is -2.40. The number of carbonyl (C=O) groups excluding carboxylic acids is 1. The van der Waals surface area contributed by atoms with E-state index in [9.17, 15) is 17.6 Å². The molecule has 2 aliphatic heterocycles. The molecule has 2 aromatic carbocycles. The molecule has 1 fully saturated rings. The van der Waals surface area contributed by atoms with Crippen LogP contribution in [0, 0.1) is 5.82 Å². The van der Waals surface area contributed by atoms with E-state index in [1.165, 1.54) is 16.4 Å². The Hall–Kier alpha value is -3.34. The van der Waals surface area contributed by atoms with Crippen molar-refractivity contribution in [2.45, 2.75) is 10.8 Å². The maximum Gasteiger partial charge on any atom is 0.243 e. The van der Waals surface area contributed by atoms with E-state index in [-0.39, 0.29) is 16.2 Å². The minimum absolute atomic E-state index is 0.0533. The van der Waals surface area contributed by atoms with Crippen LogP contribution in [0.15, 0.2) is 65.7 Å². The van der Waals surface area contributed by atoms with E-state index in [0.29, 0.717) is 55.6 Å². The van der Waals surface area contributed by atoms with E-state index >= 15 is 0 Å². The lowest BCUT2D eigenvalue weighted by Gasteiger charge is -2.26. The number of carbonyl (C=O) groups is 1. The predicted octanol–water partition coefficient (Wildman–Crippen LogP) is 3.38. The molecular weight excluding hydrogens is 459 g/mol. The number of fused-ring (bicyclic) bond motifs is 1. The van der Waals surface area contributed by atoms with Gasteiger partial charge < -0.3 is 15.4 Å². The van der Waals surface area contributed by atoms with Crippen molar-refractivity contribution in [2.24, 2.45) is 0 Å². The van der Waals surface area contributed by atoms with E-state index in [4.69, 9.17) is 4.74 Å². The summed E-state index contributed by atoms with van der Waals surface area (Å²) in [5.41, 5.74) is 2.05. The van der Waals surface area contributed by atoms with Crippen molar-refractivity contribution in [3.63, 3.8) is 0 Å². The quantitative estimate of drug-likeness (QED) is 0.520. The van der Waals surface area contributed by atoms with Crippen LogP contribution in [-0.2, 0) is 14.8 Å². The second-order valence-corrected chi connectivity index (χ2v) is 10.0. The van der Waals surface area contributed by atoms with Crippen LogP contribution in [0.4, 0.5) is 21.6 Å². The normalized spacial score (nSPS) is 18.2. The lowest BCUT2D eigenvalue weighted by atomic mass is 9.93. The molecule has 3 heterocycles.